The van der Waals surface area contributed by atoms with Crippen LogP contribution in [0.4, 0.5) is 5.88 Å². The van der Waals surface area contributed by atoms with E-state index in [1.807, 2.05) is 0 Å². The number of nitrogens with two attached hydrogens (primary N) is 1. The van der Waals surface area contributed by atoms with Crippen LogP contribution in [0.15, 0.2) is 22.7 Å². The van der Waals surface area contributed by atoms with Crippen LogP contribution in [-0.4, -0.2) is 19.4 Å². The lowest BCUT2D eigenvalue weighted by Crippen LogP contribution is -1.92. The van der Waals surface area contributed by atoms with Crippen LogP contribution in [0.2, 0.25) is 5.02 Å². The Hall–Kier alpha value is -1.88. The fraction of sp³-hybridized carbons (Fsp3) is 0.182. The number of nitrogens with zero attached hydrogens (tertiary/aromatic N) is 1. The maximum Gasteiger partial charge on any atom is 0.222 e. The standard InChI is InChI=1S/C11H11ClN2O3/c1-15-6-3-7(9-5-10(13)17-14-9)11(16-2)8(12)4-6/h3-5H,13H2,1-2H3. The Morgan fingerprint density at radius 3 is 2.53 bits per heavy atom. The average molecular weight is 255 g/mol. The van der Waals surface area contributed by atoms with Crippen molar-refractivity contribution in [2.24, 2.45) is 0 Å². The number of anilines is 1. The van der Waals surface area contributed by atoms with Gasteiger partial charge in [-0.2, -0.15) is 0 Å². The van der Waals surface area contributed by atoms with Crippen molar-refractivity contribution in [1.82, 2.24) is 5.16 Å². The van der Waals surface area contributed by atoms with Crippen LogP contribution in [-0.2, 0) is 0 Å². The molecule has 1 aromatic heterocycles. The molecule has 0 amide bonds. The molecule has 1 aromatic carbocycles. The molecule has 0 saturated heterocycles. The number of ether oxygens (including phenoxy) is 2. The number of hydrogen-bond acceptors (Lipinski definition) is 5. The van der Waals surface area contributed by atoms with Crippen LogP contribution in [0.3, 0.4) is 0 Å². The minimum Gasteiger partial charge on any atom is -0.497 e. The first-order valence-corrected chi connectivity index (χ1v) is 5.17. The summed E-state index contributed by atoms with van der Waals surface area (Å²) in [5, 5.41) is 4.25. The van der Waals surface area contributed by atoms with Gasteiger partial charge >= 0.3 is 0 Å². The van der Waals surface area contributed by atoms with E-state index in [1.165, 1.54) is 7.11 Å². The highest BCUT2D eigenvalue weighted by Gasteiger charge is 2.15. The van der Waals surface area contributed by atoms with Gasteiger partial charge in [-0.05, 0) is 6.07 Å². The highest BCUT2D eigenvalue weighted by atomic mass is 35.5. The molecule has 0 aliphatic heterocycles. The van der Waals surface area contributed by atoms with Crippen molar-refractivity contribution >= 4 is 17.5 Å². The molecule has 1 heterocycles. The molecule has 0 saturated carbocycles. The summed E-state index contributed by atoms with van der Waals surface area (Å²) in [6, 6.07) is 5.00. The van der Waals surface area contributed by atoms with Crippen LogP contribution >= 0.6 is 11.6 Å². The highest BCUT2D eigenvalue weighted by molar-refractivity contribution is 6.32. The molecule has 6 heteroatoms. The smallest absolute Gasteiger partial charge is 0.222 e. The summed E-state index contributed by atoms with van der Waals surface area (Å²) >= 11 is 6.08. The summed E-state index contributed by atoms with van der Waals surface area (Å²) < 4.78 is 15.2. The number of hydrogen-bond donors (Lipinski definition) is 1. The van der Waals surface area contributed by atoms with Gasteiger partial charge in [0, 0.05) is 12.1 Å². The summed E-state index contributed by atoms with van der Waals surface area (Å²) in [5.74, 6) is 1.33. The van der Waals surface area contributed by atoms with Crippen molar-refractivity contribution in [2.45, 2.75) is 0 Å². The molecule has 0 fully saturated rings. The molecule has 0 bridgehead atoms. The first-order chi connectivity index (χ1) is 8.15. The number of halogens is 1. The van der Waals surface area contributed by atoms with Crippen LogP contribution in [0.5, 0.6) is 11.5 Å². The van der Waals surface area contributed by atoms with Crippen molar-refractivity contribution in [3.05, 3.63) is 23.2 Å². The monoisotopic (exact) mass is 254 g/mol. The molecular weight excluding hydrogens is 244 g/mol. The third kappa shape index (κ3) is 2.14. The summed E-state index contributed by atoms with van der Waals surface area (Å²) in [6.45, 7) is 0. The van der Waals surface area contributed by atoms with E-state index >= 15 is 0 Å². The zero-order chi connectivity index (χ0) is 12.4. The van der Waals surface area contributed by atoms with E-state index < -0.39 is 0 Å². The predicted molar refractivity (Wildman–Crippen MR) is 64.5 cm³/mol. The first-order valence-electron chi connectivity index (χ1n) is 4.79. The zero-order valence-corrected chi connectivity index (χ0v) is 10.1. The van der Waals surface area contributed by atoms with Gasteiger partial charge in [-0.25, -0.2) is 0 Å². The van der Waals surface area contributed by atoms with Gasteiger partial charge in [0.2, 0.25) is 5.88 Å². The molecule has 2 N–H and O–H groups in total. The topological polar surface area (TPSA) is 70.5 Å². The SMILES string of the molecule is COc1cc(Cl)c(OC)c(-c2cc(N)on2)c1. The summed E-state index contributed by atoms with van der Waals surface area (Å²) in [6.07, 6.45) is 0. The molecule has 0 atom stereocenters. The van der Waals surface area contributed by atoms with Gasteiger partial charge < -0.3 is 19.7 Å². The fourth-order valence-electron chi connectivity index (χ4n) is 1.50. The Labute approximate surface area is 103 Å². The number of aromatic nitrogens is 1. The Bertz CT molecular complexity index is 540. The minimum atomic E-state index is 0.223. The zero-order valence-electron chi connectivity index (χ0n) is 9.36. The summed E-state index contributed by atoms with van der Waals surface area (Å²) in [5.41, 5.74) is 6.69. The van der Waals surface area contributed by atoms with Crippen molar-refractivity contribution in [3.63, 3.8) is 0 Å². The quantitative estimate of drug-likeness (QED) is 0.912. The molecule has 2 rings (SSSR count). The Morgan fingerprint density at radius 2 is 2.00 bits per heavy atom. The second kappa shape index (κ2) is 4.55. The molecule has 5 nitrogen and oxygen atoms in total. The predicted octanol–water partition coefficient (Wildman–Crippen LogP) is 2.59. The Balaban J connectivity index is 2.61. The molecule has 17 heavy (non-hydrogen) atoms. The lowest BCUT2D eigenvalue weighted by molar-refractivity contribution is 0.403. The number of nitrogen functional groups attached to an aromatic ring is 1. The van der Waals surface area contributed by atoms with Crippen LogP contribution < -0.4 is 15.2 Å². The molecule has 0 aliphatic rings. The second-order valence-corrected chi connectivity index (χ2v) is 3.71. The van der Waals surface area contributed by atoms with Crippen LogP contribution in [0.1, 0.15) is 0 Å². The first kappa shape index (κ1) is 11.6. The van der Waals surface area contributed by atoms with Gasteiger partial charge in [0.05, 0.1) is 24.8 Å². The maximum absolute atomic E-state index is 6.08. The molecule has 0 spiro atoms. The molecular formula is C11H11ClN2O3. The lowest BCUT2D eigenvalue weighted by Gasteiger charge is -2.10. The summed E-state index contributed by atoms with van der Waals surface area (Å²) in [4.78, 5) is 0. The van der Waals surface area contributed by atoms with Crippen molar-refractivity contribution < 1.29 is 14.0 Å². The minimum absolute atomic E-state index is 0.223. The van der Waals surface area contributed by atoms with E-state index in [9.17, 15) is 0 Å². The van der Waals surface area contributed by atoms with Crippen molar-refractivity contribution in [1.29, 1.82) is 0 Å². The normalized spacial score (nSPS) is 10.3. The molecule has 90 valence electrons. The number of benzene rings is 1. The second-order valence-electron chi connectivity index (χ2n) is 3.30. The van der Waals surface area contributed by atoms with Gasteiger partial charge in [0.15, 0.2) is 0 Å². The molecule has 0 unspecified atom stereocenters. The van der Waals surface area contributed by atoms with E-state index in [-0.39, 0.29) is 5.88 Å². The largest absolute Gasteiger partial charge is 0.497 e. The number of rotatable bonds is 3. The maximum atomic E-state index is 6.08. The van der Waals surface area contributed by atoms with Gasteiger partial charge in [-0.3, -0.25) is 0 Å². The van der Waals surface area contributed by atoms with E-state index in [4.69, 9.17) is 31.3 Å². The fourth-order valence-corrected chi connectivity index (χ4v) is 1.79. The average Bonchev–Trinajstić information content (AvgIpc) is 2.74. The van der Waals surface area contributed by atoms with Gasteiger partial charge in [-0.15, -0.1) is 0 Å². The summed E-state index contributed by atoms with van der Waals surface area (Å²) in [7, 11) is 3.08. The van der Waals surface area contributed by atoms with Gasteiger partial charge in [0.1, 0.15) is 17.2 Å². The lowest BCUT2D eigenvalue weighted by atomic mass is 10.1. The van der Waals surface area contributed by atoms with E-state index in [0.29, 0.717) is 27.8 Å². The Morgan fingerprint density at radius 1 is 1.24 bits per heavy atom. The van der Waals surface area contributed by atoms with Gasteiger partial charge in [-0.1, -0.05) is 16.8 Å². The van der Waals surface area contributed by atoms with Crippen LogP contribution in [0, 0.1) is 0 Å². The highest BCUT2D eigenvalue weighted by Crippen LogP contribution is 2.39. The molecule has 2 aromatic rings. The molecule has 0 radical (unpaired) electrons. The van der Waals surface area contributed by atoms with E-state index in [1.54, 1.807) is 25.3 Å². The van der Waals surface area contributed by atoms with Gasteiger partial charge in [0.25, 0.3) is 0 Å². The molecule has 0 aliphatic carbocycles. The third-order valence-corrected chi connectivity index (χ3v) is 2.54. The van der Waals surface area contributed by atoms with Crippen LogP contribution in [0.25, 0.3) is 11.3 Å². The Kier molecular flexibility index (Phi) is 3.10. The van der Waals surface area contributed by atoms with E-state index in [0.717, 1.165) is 0 Å². The number of methoxy groups -OCH3 is 2. The third-order valence-electron chi connectivity index (χ3n) is 2.26. The van der Waals surface area contributed by atoms with Crippen molar-refractivity contribution in [3.8, 4) is 22.8 Å². The van der Waals surface area contributed by atoms with E-state index in [2.05, 4.69) is 5.16 Å². The van der Waals surface area contributed by atoms with Crippen molar-refractivity contribution in [2.75, 3.05) is 20.0 Å².